The second-order valence-electron chi connectivity index (χ2n) is 5.15. The predicted octanol–water partition coefficient (Wildman–Crippen LogP) is 4.25. The topological polar surface area (TPSA) is 24.9 Å². The summed E-state index contributed by atoms with van der Waals surface area (Å²) < 4.78 is 1.18. The molecule has 1 aromatic heterocycles. The van der Waals surface area contributed by atoms with E-state index in [0.717, 1.165) is 17.5 Å². The lowest BCUT2D eigenvalue weighted by atomic mass is 9.76. The molecule has 0 atom stereocenters. The first kappa shape index (κ1) is 13.3. The molecule has 1 aliphatic carbocycles. The molecule has 100 valence electrons. The molecular weight excluding hydrogens is 320 g/mol. The number of nitrogens with one attached hydrogen (secondary N) is 1. The van der Waals surface area contributed by atoms with E-state index in [1.54, 1.807) is 11.3 Å². The Morgan fingerprint density at radius 1 is 1.42 bits per heavy atom. The molecule has 2 nitrogen and oxygen atoms in total. The van der Waals surface area contributed by atoms with Crippen molar-refractivity contribution in [2.24, 2.45) is 0 Å². The van der Waals surface area contributed by atoms with Gasteiger partial charge in [-0.2, -0.15) is 0 Å². The van der Waals surface area contributed by atoms with Crippen LogP contribution >= 0.6 is 27.3 Å². The van der Waals surface area contributed by atoms with Gasteiger partial charge in [0.05, 0.1) is 5.01 Å². The molecule has 3 rings (SSSR count). The summed E-state index contributed by atoms with van der Waals surface area (Å²) in [6, 6.07) is 9.35. The van der Waals surface area contributed by atoms with Gasteiger partial charge in [0.2, 0.25) is 0 Å². The van der Waals surface area contributed by atoms with Crippen LogP contribution in [-0.4, -0.2) is 11.0 Å². The monoisotopic (exact) mass is 336 g/mol. The van der Waals surface area contributed by atoms with E-state index < -0.39 is 0 Å². The molecule has 19 heavy (non-hydrogen) atoms. The number of nitrogens with zero attached hydrogens (tertiary/aromatic N) is 1. The molecule has 0 radical (unpaired) electrons. The molecule has 1 aromatic carbocycles. The summed E-state index contributed by atoms with van der Waals surface area (Å²) in [6.45, 7) is 3.02. The maximum absolute atomic E-state index is 4.28. The molecule has 0 amide bonds. The van der Waals surface area contributed by atoms with E-state index in [4.69, 9.17) is 0 Å². The van der Waals surface area contributed by atoms with Crippen molar-refractivity contribution in [1.82, 2.24) is 10.3 Å². The third kappa shape index (κ3) is 3.25. The van der Waals surface area contributed by atoms with Crippen molar-refractivity contribution in [1.29, 1.82) is 0 Å². The largest absolute Gasteiger partial charge is 0.309 e. The van der Waals surface area contributed by atoms with Crippen LogP contribution < -0.4 is 5.32 Å². The van der Waals surface area contributed by atoms with Gasteiger partial charge in [-0.05, 0) is 43.4 Å². The van der Waals surface area contributed by atoms with Crippen LogP contribution in [0.5, 0.6) is 0 Å². The number of benzene rings is 1. The average Bonchev–Trinajstić information content (AvgIpc) is 2.73. The molecule has 1 N–H and O–H groups in total. The number of hydrogen-bond donors (Lipinski definition) is 1. The van der Waals surface area contributed by atoms with Crippen LogP contribution in [0.25, 0.3) is 0 Å². The third-order valence-electron chi connectivity index (χ3n) is 3.69. The number of rotatable bonds is 4. The Balaban J connectivity index is 1.48. The van der Waals surface area contributed by atoms with Gasteiger partial charge in [0.15, 0.2) is 0 Å². The van der Waals surface area contributed by atoms with E-state index in [2.05, 4.69) is 57.4 Å². The van der Waals surface area contributed by atoms with Crippen molar-refractivity contribution in [3.05, 3.63) is 50.4 Å². The van der Waals surface area contributed by atoms with Gasteiger partial charge in [-0.3, -0.25) is 0 Å². The van der Waals surface area contributed by atoms with Gasteiger partial charge in [0.25, 0.3) is 0 Å². The summed E-state index contributed by atoms with van der Waals surface area (Å²) in [4.78, 5) is 5.62. The summed E-state index contributed by atoms with van der Waals surface area (Å²) >= 11 is 5.32. The summed E-state index contributed by atoms with van der Waals surface area (Å²) in [5.74, 6) is 0.721. The van der Waals surface area contributed by atoms with Gasteiger partial charge in [-0.25, -0.2) is 4.98 Å². The van der Waals surface area contributed by atoms with Gasteiger partial charge in [0, 0.05) is 28.1 Å². The molecule has 0 saturated heterocycles. The summed E-state index contributed by atoms with van der Waals surface area (Å²) in [5.41, 5.74) is 1.46. The Bertz CT molecular complexity index is 561. The highest BCUT2D eigenvalue weighted by Crippen LogP contribution is 2.37. The van der Waals surface area contributed by atoms with Crippen molar-refractivity contribution in [3.8, 4) is 0 Å². The fourth-order valence-electron chi connectivity index (χ4n) is 2.55. The Morgan fingerprint density at radius 2 is 2.26 bits per heavy atom. The molecule has 0 bridgehead atoms. The van der Waals surface area contributed by atoms with E-state index in [9.17, 15) is 0 Å². The highest BCUT2D eigenvalue weighted by Gasteiger charge is 2.29. The van der Waals surface area contributed by atoms with Crippen molar-refractivity contribution >= 4 is 27.3 Å². The minimum Gasteiger partial charge on any atom is -0.309 e. The number of thiazole rings is 1. The van der Waals surface area contributed by atoms with E-state index in [0.29, 0.717) is 6.04 Å². The maximum atomic E-state index is 4.28. The first-order valence-corrected chi connectivity index (χ1v) is 8.22. The smallest absolute Gasteiger partial charge is 0.0897 e. The summed E-state index contributed by atoms with van der Waals surface area (Å²) in [7, 11) is 0. The third-order valence-corrected chi connectivity index (χ3v) is 5.10. The van der Waals surface area contributed by atoms with Crippen molar-refractivity contribution in [2.45, 2.75) is 38.3 Å². The normalized spacial score (nSPS) is 22.2. The number of aryl methyl sites for hydroxylation is 1. The van der Waals surface area contributed by atoms with Crippen LogP contribution in [0, 0.1) is 6.92 Å². The van der Waals surface area contributed by atoms with Crippen LogP contribution in [-0.2, 0) is 6.54 Å². The Kier molecular flexibility index (Phi) is 4.01. The zero-order valence-corrected chi connectivity index (χ0v) is 13.3. The molecule has 0 spiro atoms. The Labute approximate surface area is 126 Å². The zero-order valence-electron chi connectivity index (χ0n) is 10.9. The van der Waals surface area contributed by atoms with Gasteiger partial charge >= 0.3 is 0 Å². The van der Waals surface area contributed by atoms with E-state index in [1.807, 2.05) is 6.20 Å². The lowest BCUT2D eigenvalue weighted by Crippen LogP contribution is -2.39. The van der Waals surface area contributed by atoms with Gasteiger partial charge < -0.3 is 5.32 Å². The fourth-order valence-corrected chi connectivity index (χ4v) is 3.71. The minimum absolute atomic E-state index is 0.659. The molecule has 1 aliphatic rings. The highest BCUT2D eigenvalue weighted by atomic mass is 79.9. The average molecular weight is 337 g/mol. The molecule has 4 heteroatoms. The van der Waals surface area contributed by atoms with E-state index >= 15 is 0 Å². The number of hydrogen-bond acceptors (Lipinski definition) is 3. The van der Waals surface area contributed by atoms with Crippen molar-refractivity contribution in [3.63, 3.8) is 0 Å². The van der Waals surface area contributed by atoms with Crippen LogP contribution in [0.4, 0.5) is 0 Å². The lowest BCUT2D eigenvalue weighted by Gasteiger charge is -2.36. The second-order valence-corrected chi connectivity index (χ2v) is 7.38. The quantitative estimate of drug-likeness (QED) is 0.902. The first-order valence-electron chi connectivity index (χ1n) is 6.61. The van der Waals surface area contributed by atoms with Crippen LogP contribution in [0.1, 0.15) is 34.2 Å². The lowest BCUT2D eigenvalue weighted by molar-refractivity contribution is 0.290. The SMILES string of the molecule is Cc1ncc(CNC2CC(c3cccc(Br)c3)C2)s1. The van der Waals surface area contributed by atoms with Crippen LogP contribution in [0.2, 0.25) is 0 Å². The van der Waals surface area contributed by atoms with Gasteiger partial charge in [-0.1, -0.05) is 28.1 Å². The Hall–Kier alpha value is -0.710. The number of aromatic nitrogens is 1. The van der Waals surface area contributed by atoms with Gasteiger partial charge in [0.1, 0.15) is 0 Å². The second kappa shape index (κ2) is 5.73. The first-order chi connectivity index (χ1) is 9.20. The standard InChI is InChI=1S/C15H17BrN2S/c1-10-17-8-15(19-10)9-18-14-6-12(7-14)11-3-2-4-13(16)5-11/h2-5,8,12,14,18H,6-7,9H2,1H3. The predicted molar refractivity (Wildman–Crippen MR) is 83.6 cm³/mol. The van der Waals surface area contributed by atoms with Crippen molar-refractivity contribution in [2.75, 3.05) is 0 Å². The van der Waals surface area contributed by atoms with Crippen LogP contribution in [0.15, 0.2) is 34.9 Å². The molecule has 1 fully saturated rings. The van der Waals surface area contributed by atoms with Gasteiger partial charge in [-0.15, -0.1) is 11.3 Å². The molecule has 1 saturated carbocycles. The molecule has 0 aliphatic heterocycles. The molecule has 0 unspecified atom stereocenters. The molecular formula is C15H17BrN2S. The Morgan fingerprint density at radius 3 is 2.95 bits per heavy atom. The molecule has 1 heterocycles. The van der Waals surface area contributed by atoms with E-state index in [1.165, 1.54) is 27.8 Å². The number of halogens is 1. The van der Waals surface area contributed by atoms with Crippen LogP contribution in [0.3, 0.4) is 0 Å². The zero-order chi connectivity index (χ0) is 13.2. The summed E-state index contributed by atoms with van der Waals surface area (Å²) in [6.07, 6.45) is 4.47. The minimum atomic E-state index is 0.659. The van der Waals surface area contributed by atoms with E-state index in [-0.39, 0.29) is 0 Å². The summed E-state index contributed by atoms with van der Waals surface area (Å²) in [5, 5.41) is 4.77. The fraction of sp³-hybridized carbons (Fsp3) is 0.400. The molecule has 2 aromatic rings. The highest BCUT2D eigenvalue weighted by molar-refractivity contribution is 9.10. The van der Waals surface area contributed by atoms with Crippen molar-refractivity contribution < 1.29 is 0 Å². The maximum Gasteiger partial charge on any atom is 0.0897 e.